The van der Waals surface area contributed by atoms with Gasteiger partial charge in [0.05, 0.1) is 29.4 Å². The maximum Gasteiger partial charge on any atom is 0.435 e. The fraction of sp³-hybridized carbons (Fsp3) is 0.412. The lowest BCUT2D eigenvalue weighted by Crippen LogP contribution is -2.41. The Morgan fingerprint density at radius 2 is 1.72 bits per heavy atom. The van der Waals surface area contributed by atoms with Crippen LogP contribution >= 0.6 is 0 Å². The number of benzene rings is 2. The number of carbonyl (C=O) groups is 3. The summed E-state index contributed by atoms with van der Waals surface area (Å²) in [5, 5.41) is 8.41. The van der Waals surface area contributed by atoms with E-state index in [1.807, 2.05) is 44.2 Å². The van der Waals surface area contributed by atoms with Crippen molar-refractivity contribution in [3.05, 3.63) is 65.6 Å². The summed E-state index contributed by atoms with van der Waals surface area (Å²) in [6.45, 7) is 14.9. The summed E-state index contributed by atoms with van der Waals surface area (Å²) in [5.41, 5.74) is 1.16. The summed E-state index contributed by atoms with van der Waals surface area (Å²) in [4.78, 5) is 50.4. The van der Waals surface area contributed by atoms with E-state index in [0.29, 0.717) is 47.0 Å². The molecule has 12 heteroatoms. The van der Waals surface area contributed by atoms with E-state index in [9.17, 15) is 14.4 Å². The molecule has 6 rings (SSSR count). The molecule has 2 aromatic carbocycles. The number of rotatable bonds is 5. The van der Waals surface area contributed by atoms with Crippen LogP contribution in [0, 0.1) is 6.92 Å². The smallest absolute Gasteiger partial charge is 0.435 e. The summed E-state index contributed by atoms with van der Waals surface area (Å²) < 4.78 is 18.2. The number of hydrogen-bond donors (Lipinski definition) is 1. The van der Waals surface area contributed by atoms with Crippen LogP contribution in [0.15, 0.2) is 48.9 Å². The molecule has 2 atom stereocenters. The molecule has 240 valence electrons. The number of ether oxygens (including phenoxy) is 3. The molecule has 2 amide bonds. The minimum atomic E-state index is -0.933. The van der Waals surface area contributed by atoms with E-state index in [-0.39, 0.29) is 11.8 Å². The maximum atomic E-state index is 14.2. The highest BCUT2D eigenvalue weighted by Gasteiger charge is 2.68. The summed E-state index contributed by atoms with van der Waals surface area (Å²) in [6, 6.07) is 11.3. The Balaban J connectivity index is 1.42. The van der Waals surface area contributed by atoms with Gasteiger partial charge in [-0.3, -0.25) is 4.79 Å². The highest BCUT2D eigenvalue weighted by Crippen LogP contribution is 2.66. The van der Waals surface area contributed by atoms with Gasteiger partial charge in [-0.25, -0.2) is 24.5 Å². The van der Waals surface area contributed by atoms with Gasteiger partial charge < -0.3 is 19.5 Å². The zero-order chi connectivity index (χ0) is 33.2. The number of nitrogens with zero attached hydrogens (tertiary/aromatic N) is 5. The predicted molar refractivity (Wildman–Crippen MR) is 172 cm³/mol. The second kappa shape index (κ2) is 10.8. The van der Waals surface area contributed by atoms with E-state index in [4.69, 9.17) is 14.2 Å². The van der Waals surface area contributed by atoms with Gasteiger partial charge in [0.15, 0.2) is 17.4 Å². The van der Waals surface area contributed by atoms with Crippen molar-refractivity contribution in [3.63, 3.8) is 0 Å². The highest BCUT2D eigenvalue weighted by atomic mass is 16.6. The van der Waals surface area contributed by atoms with Crippen molar-refractivity contribution in [1.29, 1.82) is 0 Å². The summed E-state index contributed by atoms with van der Waals surface area (Å²) in [7, 11) is 0. The Morgan fingerprint density at radius 3 is 2.41 bits per heavy atom. The Bertz CT molecular complexity index is 1890. The van der Waals surface area contributed by atoms with Crippen molar-refractivity contribution in [2.45, 2.75) is 84.3 Å². The summed E-state index contributed by atoms with van der Waals surface area (Å²) in [6.07, 6.45) is 2.08. The van der Waals surface area contributed by atoms with Gasteiger partial charge in [-0.15, -0.1) is 5.10 Å². The van der Waals surface area contributed by atoms with Crippen LogP contribution in [0.4, 0.5) is 26.9 Å². The topological polar surface area (TPSA) is 138 Å². The average molecular weight is 627 g/mol. The number of fused-ring (bicyclic) bond motifs is 3. The quantitative estimate of drug-likeness (QED) is 0.253. The van der Waals surface area contributed by atoms with Crippen molar-refractivity contribution in [3.8, 4) is 5.75 Å². The summed E-state index contributed by atoms with van der Waals surface area (Å²) >= 11 is 0. The third kappa shape index (κ3) is 5.41. The third-order valence-corrected chi connectivity index (χ3v) is 7.88. The average Bonchev–Trinajstić information content (AvgIpc) is 3.55. The van der Waals surface area contributed by atoms with Crippen molar-refractivity contribution in [2.75, 3.05) is 16.8 Å². The number of anilines is 3. The molecule has 1 aliphatic carbocycles. The van der Waals surface area contributed by atoms with E-state index in [0.717, 1.165) is 16.7 Å². The number of amides is 2. The maximum absolute atomic E-state index is 14.2. The Labute approximate surface area is 267 Å². The molecule has 1 N–H and O–H groups in total. The van der Waals surface area contributed by atoms with Crippen molar-refractivity contribution < 1.29 is 28.6 Å². The van der Waals surface area contributed by atoms with Gasteiger partial charge in [0.2, 0.25) is 5.91 Å². The van der Waals surface area contributed by atoms with Crippen LogP contribution in [0.5, 0.6) is 5.75 Å². The standard InChI is InChI=1S/C34H38N6O6/c1-9-44-26-17-35-18-36-28(26)37-27-21-12-11-20(15-25(21)40(38-27)31(43)46-33(6,7)8)23-16-34(23)22-14-19(2)10-13-24(22)39(29(34)41)30(42)45-32(3,4)5/h10-15,17-18,23H,9,16H2,1-8H3,(H,35,36,37,38)/t23-,34-/m0/s1. The number of carbonyl (C=O) groups excluding carboxylic acids is 3. The van der Waals surface area contributed by atoms with E-state index in [1.165, 1.54) is 15.9 Å². The first-order chi connectivity index (χ1) is 21.6. The molecule has 1 aliphatic heterocycles. The van der Waals surface area contributed by atoms with E-state index >= 15 is 0 Å². The number of aromatic nitrogens is 4. The lowest BCUT2D eigenvalue weighted by molar-refractivity contribution is -0.120. The number of aryl methyl sites for hydroxylation is 1. The Morgan fingerprint density at radius 1 is 1.00 bits per heavy atom. The fourth-order valence-electron chi connectivity index (χ4n) is 5.98. The lowest BCUT2D eigenvalue weighted by Gasteiger charge is -2.24. The first-order valence-corrected chi connectivity index (χ1v) is 15.3. The first kappa shape index (κ1) is 31.0. The van der Waals surface area contributed by atoms with Crippen LogP contribution in [0.1, 0.15) is 77.5 Å². The SMILES string of the molecule is CCOc1cncnc1Nc1nn(C(=O)OC(C)(C)C)c2cc([C@@H]3C[C@@]34C(=O)N(C(=O)OC(C)(C)C)c3ccc(C)cc34)ccc12. The van der Waals surface area contributed by atoms with Crippen LogP contribution in [-0.2, 0) is 19.7 Å². The molecule has 2 aromatic heterocycles. The molecule has 1 fully saturated rings. The monoisotopic (exact) mass is 626 g/mol. The van der Waals surface area contributed by atoms with Crippen molar-refractivity contribution in [1.82, 2.24) is 19.7 Å². The molecule has 3 heterocycles. The molecule has 4 aromatic rings. The Hall–Kier alpha value is -5.00. The van der Waals surface area contributed by atoms with Crippen molar-refractivity contribution in [2.24, 2.45) is 0 Å². The number of imide groups is 1. The number of hydrogen-bond acceptors (Lipinski definition) is 10. The van der Waals surface area contributed by atoms with Crippen LogP contribution < -0.4 is 15.0 Å². The van der Waals surface area contributed by atoms with E-state index < -0.39 is 28.8 Å². The second-order valence-electron chi connectivity index (χ2n) is 13.7. The third-order valence-electron chi connectivity index (χ3n) is 7.88. The molecule has 0 saturated heterocycles. The second-order valence-corrected chi connectivity index (χ2v) is 13.7. The molecule has 46 heavy (non-hydrogen) atoms. The summed E-state index contributed by atoms with van der Waals surface area (Å²) in [5.74, 6) is 0.629. The lowest BCUT2D eigenvalue weighted by atomic mass is 9.91. The van der Waals surface area contributed by atoms with Gasteiger partial charge in [-0.05, 0) is 91.1 Å². The molecular weight excluding hydrogens is 588 g/mol. The van der Waals surface area contributed by atoms with Crippen LogP contribution in [0.3, 0.4) is 0 Å². The normalized spacial score (nSPS) is 18.9. The van der Waals surface area contributed by atoms with Gasteiger partial charge in [0.25, 0.3) is 0 Å². The van der Waals surface area contributed by atoms with Gasteiger partial charge in [0, 0.05) is 11.3 Å². The van der Waals surface area contributed by atoms with Crippen LogP contribution in [-0.4, -0.2) is 55.7 Å². The largest absolute Gasteiger partial charge is 0.488 e. The van der Waals surface area contributed by atoms with E-state index in [1.54, 1.807) is 53.8 Å². The molecule has 12 nitrogen and oxygen atoms in total. The molecule has 0 radical (unpaired) electrons. The zero-order valence-corrected chi connectivity index (χ0v) is 27.3. The molecule has 2 aliphatic rings. The highest BCUT2D eigenvalue weighted by molar-refractivity contribution is 6.23. The molecule has 0 unspecified atom stereocenters. The van der Waals surface area contributed by atoms with Gasteiger partial charge in [-0.1, -0.05) is 23.8 Å². The molecule has 1 spiro atoms. The molecule has 0 bridgehead atoms. The van der Waals surface area contributed by atoms with E-state index in [2.05, 4.69) is 20.4 Å². The van der Waals surface area contributed by atoms with Gasteiger partial charge in [0.1, 0.15) is 17.5 Å². The number of nitrogens with one attached hydrogen (secondary N) is 1. The predicted octanol–water partition coefficient (Wildman–Crippen LogP) is 6.77. The Kier molecular flexibility index (Phi) is 7.29. The minimum Gasteiger partial charge on any atom is -0.488 e. The first-order valence-electron chi connectivity index (χ1n) is 15.3. The van der Waals surface area contributed by atoms with Crippen molar-refractivity contribution >= 4 is 46.3 Å². The van der Waals surface area contributed by atoms with Crippen LogP contribution in [0.25, 0.3) is 10.9 Å². The molecule has 1 saturated carbocycles. The zero-order valence-electron chi connectivity index (χ0n) is 27.3. The minimum absolute atomic E-state index is 0.248. The fourth-order valence-corrected chi connectivity index (χ4v) is 5.98. The van der Waals surface area contributed by atoms with Crippen LogP contribution in [0.2, 0.25) is 0 Å². The van der Waals surface area contributed by atoms with Gasteiger partial charge in [-0.2, -0.15) is 4.68 Å². The van der Waals surface area contributed by atoms with Gasteiger partial charge >= 0.3 is 12.2 Å². The molecular formula is C34H38N6O6.